The highest BCUT2D eigenvalue weighted by Gasteiger charge is 2.22. The molecular formula is C19H19ClN2O2. The fourth-order valence-electron chi connectivity index (χ4n) is 2.90. The zero-order valence-electron chi connectivity index (χ0n) is 13.5. The molecule has 1 heterocycles. The number of nitrogens with zero attached hydrogens (tertiary/aromatic N) is 1. The van der Waals surface area contributed by atoms with E-state index < -0.39 is 0 Å². The molecule has 1 aliphatic rings. The Balaban J connectivity index is 1.69. The fraction of sp³-hybridized carbons (Fsp3) is 0.263. The van der Waals surface area contributed by atoms with E-state index in [0.717, 1.165) is 24.2 Å². The van der Waals surface area contributed by atoms with Crippen LogP contribution in [0.2, 0.25) is 5.02 Å². The van der Waals surface area contributed by atoms with E-state index in [-0.39, 0.29) is 17.9 Å². The molecule has 2 aromatic rings. The van der Waals surface area contributed by atoms with Crippen molar-refractivity contribution < 1.29 is 9.59 Å². The summed E-state index contributed by atoms with van der Waals surface area (Å²) in [6.07, 6.45) is 1.48. The van der Waals surface area contributed by atoms with Gasteiger partial charge >= 0.3 is 0 Å². The van der Waals surface area contributed by atoms with Gasteiger partial charge in [-0.25, -0.2) is 0 Å². The van der Waals surface area contributed by atoms with Crippen LogP contribution in [0.4, 0.5) is 5.69 Å². The average Bonchev–Trinajstić information content (AvgIpc) is 3.01. The average molecular weight is 343 g/mol. The molecule has 1 fully saturated rings. The van der Waals surface area contributed by atoms with Gasteiger partial charge in [-0.05, 0) is 49.2 Å². The van der Waals surface area contributed by atoms with Gasteiger partial charge in [-0.15, -0.1) is 0 Å². The van der Waals surface area contributed by atoms with E-state index in [1.807, 2.05) is 37.3 Å². The Kier molecular flexibility index (Phi) is 4.86. The van der Waals surface area contributed by atoms with Crippen LogP contribution in [0.1, 0.15) is 41.7 Å². The number of amides is 2. The van der Waals surface area contributed by atoms with Crippen LogP contribution < -0.4 is 10.2 Å². The molecular weight excluding hydrogens is 324 g/mol. The van der Waals surface area contributed by atoms with Crippen LogP contribution in [0.15, 0.2) is 48.5 Å². The number of hydrogen-bond donors (Lipinski definition) is 1. The van der Waals surface area contributed by atoms with E-state index in [1.165, 1.54) is 0 Å². The highest BCUT2D eigenvalue weighted by atomic mass is 35.5. The smallest absolute Gasteiger partial charge is 0.251 e. The van der Waals surface area contributed by atoms with E-state index in [0.29, 0.717) is 17.0 Å². The molecule has 0 bridgehead atoms. The van der Waals surface area contributed by atoms with E-state index in [2.05, 4.69) is 5.32 Å². The zero-order valence-corrected chi connectivity index (χ0v) is 14.2. The van der Waals surface area contributed by atoms with Gasteiger partial charge in [0.1, 0.15) is 0 Å². The lowest BCUT2D eigenvalue weighted by atomic mass is 10.1. The first kappa shape index (κ1) is 16.5. The normalized spacial score (nSPS) is 15.4. The molecule has 1 saturated heterocycles. The number of rotatable bonds is 4. The second-order valence-corrected chi connectivity index (χ2v) is 6.32. The molecule has 2 amide bonds. The third-order valence-electron chi connectivity index (χ3n) is 4.23. The maximum absolute atomic E-state index is 12.4. The number of benzene rings is 2. The molecule has 2 aromatic carbocycles. The standard InChI is InChI=1S/C19H19ClN2O2/c1-13(16-5-2-3-6-17(16)20)21-19(24)14-8-10-15(11-9-14)22-12-4-7-18(22)23/h2-3,5-6,8-11,13H,4,7,12H2,1H3,(H,21,24). The summed E-state index contributed by atoms with van der Waals surface area (Å²) >= 11 is 6.17. The maximum atomic E-state index is 12.4. The van der Waals surface area contributed by atoms with Gasteiger partial charge in [0.05, 0.1) is 6.04 Å². The SMILES string of the molecule is CC(NC(=O)c1ccc(N2CCCC2=O)cc1)c1ccccc1Cl. The van der Waals surface area contributed by atoms with Crippen molar-refractivity contribution >= 4 is 29.1 Å². The summed E-state index contributed by atoms with van der Waals surface area (Å²) < 4.78 is 0. The van der Waals surface area contributed by atoms with Crippen molar-refractivity contribution in [3.8, 4) is 0 Å². The Morgan fingerprint density at radius 2 is 1.88 bits per heavy atom. The minimum atomic E-state index is -0.189. The third-order valence-corrected chi connectivity index (χ3v) is 4.58. The second-order valence-electron chi connectivity index (χ2n) is 5.91. The summed E-state index contributed by atoms with van der Waals surface area (Å²) in [5.41, 5.74) is 2.28. The molecule has 24 heavy (non-hydrogen) atoms. The first-order chi connectivity index (χ1) is 11.6. The van der Waals surface area contributed by atoms with Crippen LogP contribution in [-0.4, -0.2) is 18.4 Å². The minimum Gasteiger partial charge on any atom is -0.345 e. The van der Waals surface area contributed by atoms with E-state index >= 15 is 0 Å². The van der Waals surface area contributed by atoms with E-state index in [4.69, 9.17) is 11.6 Å². The van der Waals surface area contributed by atoms with Crippen LogP contribution in [0.3, 0.4) is 0 Å². The third kappa shape index (κ3) is 3.44. The minimum absolute atomic E-state index is 0.138. The number of carbonyl (C=O) groups is 2. The number of nitrogens with one attached hydrogen (secondary N) is 1. The Bertz CT molecular complexity index is 758. The predicted octanol–water partition coefficient (Wildman–Crippen LogP) is 3.96. The van der Waals surface area contributed by atoms with Crippen LogP contribution >= 0.6 is 11.6 Å². The molecule has 124 valence electrons. The first-order valence-corrected chi connectivity index (χ1v) is 8.40. The molecule has 5 heteroatoms. The highest BCUT2D eigenvalue weighted by molar-refractivity contribution is 6.31. The van der Waals surface area contributed by atoms with Gasteiger partial charge in [-0.2, -0.15) is 0 Å². The lowest BCUT2D eigenvalue weighted by Gasteiger charge is -2.17. The Morgan fingerprint density at radius 1 is 1.17 bits per heavy atom. The fourth-order valence-corrected chi connectivity index (χ4v) is 3.20. The van der Waals surface area contributed by atoms with Crippen LogP contribution in [0.25, 0.3) is 0 Å². The molecule has 1 atom stereocenters. The van der Waals surface area contributed by atoms with Crippen molar-refractivity contribution in [2.45, 2.75) is 25.8 Å². The summed E-state index contributed by atoms with van der Waals surface area (Å²) in [5, 5.41) is 3.58. The predicted molar refractivity (Wildman–Crippen MR) is 95.4 cm³/mol. The molecule has 0 spiro atoms. The van der Waals surface area contributed by atoms with Crippen molar-refractivity contribution in [2.24, 2.45) is 0 Å². The molecule has 1 unspecified atom stereocenters. The van der Waals surface area contributed by atoms with Gasteiger partial charge in [-0.1, -0.05) is 29.8 Å². The van der Waals surface area contributed by atoms with Crippen molar-refractivity contribution in [1.29, 1.82) is 0 Å². The van der Waals surface area contributed by atoms with Crippen LogP contribution in [-0.2, 0) is 4.79 Å². The Hall–Kier alpha value is -2.33. The molecule has 4 nitrogen and oxygen atoms in total. The summed E-state index contributed by atoms with van der Waals surface area (Å²) in [5.74, 6) is -0.0266. The molecule has 3 rings (SSSR count). The van der Waals surface area contributed by atoms with Gasteiger partial charge in [0.25, 0.3) is 5.91 Å². The van der Waals surface area contributed by atoms with E-state index in [1.54, 1.807) is 23.1 Å². The first-order valence-electron chi connectivity index (χ1n) is 8.02. The van der Waals surface area contributed by atoms with Crippen molar-refractivity contribution in [3.63, 3.8) is 0 Å². The monoisotopic (exact) mass is 342 g/mol. The van der Waals surface area contributed by atoms with Gasteiger partial charge in [0.15, 0.2) is 0 Å². The maximum Gasteiger partial charge on any atom is 0.251 e. The number of carbonyl (C=O) groups excluding carboxylic acids is 2. The Morgan fingerprint density at radius 3 is 2.50 bits per heavy atom. The molecule has 0 radical (unpaired) electrons. The van der Waals surface area contributed by atoms with Crippen LogP contribution in [0.5, 0.6) is 0 Å². The lowest BCUT2D eigenvalue weighted by Crippen LogP contribution is -2.27. The van der Waals surface area contributed by atoms with Crippen molar-refractivity contribution in [2.75, 3.05) is 11.4 Å². The second kappa shape index (κ2) is 7.05. The number of hydrogen-bond acceptors (Lipinski definition) is 2. The molecule has 1 aliphatic heterocycles. The largest absolute Gasteiger partial charge is 0.345 e. The molecule has 0 aliphatic carbocycles. The highest BCUT2D eigenvalue weighted by Crippen LogP contribution is 2.24. The van der Waals surface area contributed by atoms with E-state index in [9.17, 15) is 9.59 Å². The summed E-state index contributed by atoms with van der Waals surface area (Å²) in [4.78, 5) is 25.9. The van der Waals surface area contributed by atoms with Gasteiger partial charge in [0.2, 0.25) is 5.91 Å². The molecule has 1 N–H and O–H groups in total. The zero-order chi connectivity index (χ0) is 17.1. The van der Waals surface area contributed by atoms with Gasteiger partial charge in [-0.3, -0.25) is 9.59 Å². The quantitative estimate of drug-likeness (QED) is 0.914. The molecule has 0 saturated carbocycles. The topological polar surface area (TPSA) is 49.4 Å². The lowest BCUT2D eigenvalue weighted by molar-refractivity contribution is -0.117. The summed E-state index contributed by atoms with van der Waals surface area (Å²) in [6.45, 7) is 2.64. The molecule has 0 aromatic heterocycles. The summed E-state index contributed by atoms with van der Waals surface area (Å²) in [6, 6.07) is 14.4. The van der Waals surface area contributed by atoms with Gasteiger partial charge in [0, 0.05) is 29.2 Å². The van der Waals surface area contributed by atoms with Crippen LogP contribution in [0, 0.1) is 0 Å². The number of halogens is 1. The van der Waals surface area contributed by atoms with Crippen molar-refractivity contribution in [3.05, 3.63) is 64.7 Å². The van der Waals surface area contributed by atoms with Gasteiger partial charge < -0.3 is 10.2 Å². The Labute approximate surface area is 146 Å². The summed E-state index contributed by atoms with van der Waals surface area (Å²) in [7, 11) is 0. The van der Waals surface area contributed by atoms with Crippen molar-refractivity contribution in [1.82, 2.24) is 5.32 Å². The number of anilines is 1.